The molecule has 1 heterocycles. The lowest BCUT2D eigenvalue weighted by atomic mass is 10.1. The second kappa shape index (κ2) is 5.42. The Labute approximate surface area is 118 Å². The van der Waals surface area contributed by atoms with E-state index in [1.807, 2.05) is 0 Å². The van der Waals surface area contributed by atoms with E-state index in [0.29, 0.717) is 21.2 Å². The number of thiophene rings is 1. The molecule has 0 unspecified atom stereocenters. The van der Waals surface area contributed by atoms with Gasteiger partial charge >= 0.3 is 5.97 Å². The molecule has 0 radical (unpaired) electrons. The van der Waals surface area contributed by atoms with Crippen molar-refractivity contribution < 1.29 is 14.7 Å². The Morgan fingerprint density at radius 3 is 2.63 bits per heavy atom. The molecule has 1 aromatic heterocycles. The van der Waals surface area contributed by atoms with Crippen molar-refractivity contribution in [2.75, 3.05) is 5.32 Å². The van der Waals surface area contributed by atoms with Gasteiger partial charge in [0.15, 0.2) is 0 Å². The molecule has 6 heteroatoms. The summed E-state index contributed by atoms with van der Waals surface area (Å²) in [6, 6.07) is 8.09. The average molecular weight is 296 g/mol. The summed E-state index contributed by atoms with van der Waals surface area (Å²) in [5.74, 6) is -1.32. The molecule has 2 N–H and O–H groups in total. The zero-order valence-electron chi connectivity index (χ0n) is 9.94. The average Bonchev–Trinajstić information content (AvgIpc) is 2.81. The van der Waals surface area contributed by atoms with Crippen molar-refractivity contribution >= 4 is 39.8 Å². The molecule has 0 aliphatic carbocycles. The van der Waals surface area contributed by atoms with E-state index >= 15 is 0 Å². The summed E-state index contributed by atoms with van der Waals surface area (Å²) in [5, 5.41) is 12.5. The van der Waals surface area contributed by atoms with Crippen molar-refractivity contribution in [3.8, 4) is 0 Å². The predicted octanol–water partition coefficient (Wildman–Crippen LogP) is 3.66. The molecular weight excluding hydrogens is 286 g/mol. The minimum Gasteiger partial charge on any atom is -0.477 e. The fourth-order valence-corrected chi connectivity index (χ4v) is 2.47. The van der Waals surface area contributed by atoms with Gasteiger partial charge in [-0.05, 0) is 36.8 Å². The van der Waals surface area contributed by atoms with Crippen LogP contribution in [-0.4, -0.2) is 17.0 Å². The highest BCUT2D eigenvalue weighted by Gasteiger charge is 2.13. The SMILES string of the molecule is Cc1c(Cl)cccc1C(=O)Nc1ccc(C(=O)O)s1. The van der Waals surface area contributed by atoms with Crippen molar-refractivity contribution in [2.45, 2.75) is 6.92 Å². The van der Waals surface area contributed by atoms with Crippen LogP contribution < -0.4 is 5.32 Å². The Morgan fingerprint density at radius 2 is 2.00 bits per heavy atom. The number of carbonyl (C=O) groups is 2. The van der Waals surface area contributed by atoms with Crippen molar-refractivity contribution in [1.82, 2.24) is 0 Å². The Morgan fingerprint density at radius 1 is 1.26 bits per heavy atom. The van der Waals surface area contributed by atoms with E-state index in [-0.39, 0.29) is 10.8 Å². The number of anilines is 1. The maximum absolute atomic E-state index is 12.1. The molecule has 2 aromatic rings. The van der Waals surface area contributed by atoms with Crippen LogP contribution >= 0.6 is 22.9 Å². The van der Waals surface area contributed by atoms with E-state index < -0.39 is 5.97 Å². The molecule has 0 saturated heterocycles. The van der Waals surface area contributed by atoms with E-state index in [2.05, 4.69) is 5.32 Å². The van der Waals surface area contributed by atoms with Crippen LogP contribution in [0.5, 0.6) is 0 Å². The number of benzene rings is 1. The summed E-state index contributed by atoms with van der Waals surface area (Å²) < 4.78 is 0. The minimum atomic E-state index is -1.01. The normalized spacial score (nSPS) is 10.2. The van der Waals surface area contributed by atoms with E-state index in [1.165, 1.54) is 6.07 Å². The maximum atomic E-state index is 12.1. The first-order valence-corrected chi connectivity index (χ1v) is 6.58. The van der Waals surface area contributed by atoms with Gasteiger partial charge in [0.25, 0.3) is 5.91 Å². The van der Waals surface area contributed by atoms with Crippen LogP contribution in [0.15, 0.2) is 30.3 Å². The summed E-state index contributed by atoms with van der Waals surface area (Å²) in [6.07, 6.45) is 0. The summed E-state index contributed by atoms with van der Waals surface area (Å²) in [4.78, 5) is 23.0. The first kappa shape index (κ1) is 13.6. The third-order valence-electron chi connectivity index (χ3n) is 2.57. The minimum absolute atomic E-state index is 0.179. The van der Waals surface area contributed by atoms with E-state index in [4.69, 9.17) is 16.7 Å². The number of hydrogen-bond acceptors (Lipinski definition) is 3. The van der Waals surface area contributed by atoms with Crippen molar-refractivity contribution in [3.05, 3.63) is 51.4 Å². The van der Waals surface area contributed by atoms with Gasteiger partial charge in [0, 0.05) is 10.6 Å². The number of carboxylic acid groups (broad SMARTS) is 1. The van der Waals surface area contributed by atoms with E-state index in [0.717, 1.165) is 11.3 Å². The summed E-state index contributed by atoms with van der Waals surface area (Å²) in [5.41, 5.74) is 1.16. The highest BCUT2D eigenvalue weighted by atomic mass is 35.5. The lowest BCUT2D eigenvalue weighted by Gasteiger charge is -2.06. The van der Waals surface area contributed by atoms with Gasteiger partial charge in [-0.25, -0.2) is 4.79 Å². The molecule has 0 aliphatic heterocycles. The van der Waals surface area contributed by atoms with Crippen LogP contribution in [0.1, 0.15) is 25.6 Å². The lowest BCUT2D eigenvalue weighted by Crippen LogP contribution is -2.12. The largest absolute Gasteiger partial charge is 0.477 e. The van der Waals surface area contributed by atoms with Gasteiger partial charge < -0.3 is 10.4 Å². The smallest absolute Gasteiger partial charge is 0.345 e. The first-order valence-electron chi connectivity index (χ1n) is 5.38. The number of rotatable bonds is 3. The molecule has 0 saturated carbocycles. The number of halogens is 1. The Hall–Kier alpha value is -1.85. The molecule has 0 atom stereocenters. The summed E-state index contributed by atoms with van der Waals surface area (Å²) in [6.45, 7) is 1.76. The molecule has 1 amide bonds. The van der Waals surface area contributed by atoms with Crippen molar-refractivity contribution in [2.24, 2.45) is 0 Å². The van der Waals surface area contributed by atoms with Gasteiger partial charge in [-0.2, -0.15) is 0 Å². The predicted molar refractivity (Wildman–Crippen MR) is 75.4 cm³/mol. The number of carboxylic acids is 1. The number of amides is 1. The highest BCUT2D eigenvalue weighted by molar-refractivity contribution is 7.18. The first-order chi connectivity index (χ1) is 8.99. The zero-order valence-corrected chi connectivity index (χ0v) is 11.5. The third-order valence-corrected chi connectivity index (χ3v) is 3.96. The molecular formula is C13H10ClNO3S. The van der Waals surface area contributed by atoms with Gasteiger partial charge in [-0.15, -0.1) is 11.3 Å². The Bertz CT molecular complexity index is 651. The number of carbonyl (C=O) groups excluding carboxylic acids is 1. The van der Waals surface area contributed by atoms with Crippen LogP contribution in [0.3, 0.4) is 0 Å². The van der Waals surface area contributed by atoms with Gasteiger partial charge in [0.2, 0.25) is 0 Å². The quantitative estimate of drug-likeness (QED) is 0.908. The molecule has 2 rings (SSSR count). The third kappa shape index (κ3) is 2.94. The highest BCUT2D eigenvalue weighted by Crippen LogP contribution is 2.24. The second-order valence-corrected chi connectivity index (χ2v) is 5.33. The van der Waals surface area contributed by atoms with Crippen LogP contribution in [0.25, 0.3) is 0 Å². The van der Waals surface area contributed by atoms with Gasteiger partial charge in [0.05, 0.1) is 5.00 Å². The molecule has 0 spiro atoms. The van der Waals surface area contributed by atoms with Crippen LogP contribution in [0, 0.1) is 6.92 Å². The monoisotopic (exact) mass is 295 g/mol. The molecule has 0 fully saturated rings. The van der Waals surface area contributed by atoms with Crippen LogP contribution in [-0.2, 0) is 0 Å². The fraction of sp³-hybridized carbons (Fsp3) is 0.0769. The van der Waals surface area contributed by atoms with Gasteiger partial charge in [0.1, 0.15) is 4.88 Å². The second-order valence-electron chi connectivity index (χ2n) is 3.84. The van der Waals surface area contributed by atoms with Crippen molar-refractivity contribution in [3.63, 3.8) is 0 Å². The number of aromatic carboxylic acids is 1. The van der Waals surface area contributed by atoms with E-state index in [9.17, 15) is 9.59 Å². The zero-order chi connectivity index (χ0) is 14.0. The van der Waals surface area contributed by atoms with E-state index in [1.54, 1.807) is 31.2 Å². The van der Waals surface area contributed by atoms with Gasteiger partial charge in [-0.3, -0.25) is 4.79 Å². The van der Waals surface area contributed by atoms with Crippen molar-refractivity contribution in [1.29, 1.82) is 0 Å². The summed E-state index contributed by atoms with van der Waals surface area (Å²) in [7, 11) is 0. The molecule has 19 heavy (non-hydrogen) atoms. The standard InChI is InChI=1S/C13H10ClNO3S/c1-7-8(3-2-4-9(7)14)12(16)15-11-6-5-10(19-11)13(17)18/h2-6H,1H3,(H,15,16)(H,17,18). The number of nitrogens with one attached hydrogen (secondary N) is 1. The molecule has 1 aromatic carbocycles. The Kier molecular flexibility index (Phi) is 3.87. The fourth-order valence-electron chi connectivity index (χ4n) is 1.55. The number of hydrogen-bond donors (Lipinski definition) is 2. The molecule has 0 aliphatic rings. The maximum Gasteiger partial charge on any atom is 0.345 e. The lowest BCUT2D eigenvalue weighted by molar-refractivity contribution is 0.0702. The molecule has 4 nitrogen and oxygen atoms in total. The summed E-state index contributed by atoms with van der Waals surface area (Å²) >= 11 is 6.96. The van der Waals surface area contributed by atoms with Gasteiger partial charge in [-0.1, -0.05) is 17.7 Å². The topological polar surface area (TPSA) is 66.4 Å². The molecule has 0 bridgehead atoms. The van der Waals surface area contributed by atoms with Crippen LogP contribution in [0.4, 0.5) is 5.00 Å². The van der Waals surface area contributed by atoms with Crippen LogP contribution in [0.2, 0.25) is 5.02 Å². The Balaban J connectivity index is 2.21. The molecule has 98 valence electrons.